The molecule has 0 bridgehead atoms. The van der Waals surface area contributed by atoms with Crippen molar-refractivity contribution >= 4 is 11.3 Å². The lowest BCUT2D eigenvalue weighted by molar-refractivity contribution is 0.284. The predicted molar refractivity (Wildman–Crippen MR) is 88.2 cm³/mol. The topological polar surface area (TPSA) is 30.5 Å². The molecule has 1 heterocycles. The summed E-state index contributed by atoms with van der Waals surface area (Å²) in [6.45, 7) is 6.84. The van der Waals surface area contributed by atoms with Crippen LogP contribution in [0, 0.1) is 5.92 Å². The summed E-state index contributed by atoms with van der Waals surface area (Å²) in [4.78, 5) is 0. The molecule has 1 N–H and O–H groups in total. The zero-order valence-electron chi connectivity index (χ0n) is 12.9. The molecule has 2 rings (SSSR count). The van der Waals surface area contributed by atoms with Crippen LogP contribution in [0.2, 0.25) is 0 Å². The van der Waals surface area contributed by atoms with E-state index in [1.807, 2.05) is 6.07 Å². The number of rotatable bonds is 8. The first kappa shape index (κ1) is 15.9. The SMILES string of the molecule is COc1ccc(CNCC(C)C)cc1OCc1ccsc1. The third-order valence-electron chi connectivity index (χ3n) is 3.08. The number of hydrogen-bond donors (Lipinski definition) is 1. The predicted octanol–water partition coefficient (Wildman–Crippen LogP) is 4.08. The van der Waals surface area contributed by atoms with Gasteiger partial charge in [-0.25, -0.2) is 0 Å². The molecule has 0 radical (unpaired) electrons. The van der Waals surface area contributed by atoms with Crippen LogP contribution in [0.15, 0.2) is 35.0 Å². The molecule has 4 heteroatoms. The average Bonchev–Trinajstić information content (AvgIpc) is 2.98. The summed E-state index contributed by atoms with van der Waals surface area (Å²) < 4.78 is 11.3. The third-order valence-corrected chi connectivity index (χ3v) is 3.82. The average molecular weight is 305 g/mol. The molecule has 0 fully saturated rings. The number of benzene rings is 1. The maximum atomic E-state index is 5.89. The molecule has 3 nitrogen and oxygen atoms in total. The molecule has 0 saturated carbocycles. The van der Waals surface area contributed by atoms with Crippen LogP contribution < -0.4 is 14.8 Å². The highest BCUT2D eigenvalue weighted by Crippen LogP contribution is 2.29. The highest BCUT2D eigenvalue weighted by atomic mass is 32.1. The van der Waals surface area contributed by atoms with Crippen LogP contribution in [-0.4, -0.2) is 13.7 Å². The normalized spacial score (nSPS) is 10.9. The molecule has 0 aliphatic heterocycles. The molecule has 0 aliphatic carbocycles. The maximum Gasteiger partial charge on any atom is 0.161 e. The van der Waals surface area contributed by atoms with Gasteiger partial charge in [0.05, 0.1) is 7.11 Å². The van der Waals surface area contributed by atoms with Gasteiger partial charge >= 0.3 is 0 Å². The summed E-state index contributed by atoms with van der Waals surface area (Å²) in [5, 5.41) is 7.60. The zero-order chi connectivity index (χ0) is 15.1. The van der Waals surface area contributed by atoms with E-state index in [1.165, 1.54) is 11.1 Å². The number of nitrogens with one attached hydrogen (secondary N) is 1. The van der Waals surface area contributed by atoms with Crippen molar-refractivity contribution in [3.63, 3.8) is 0 Å². The van der Waals surface area contributed by atoms with E-state index in [4.69, 9.17) is 9.47 Å². The standard InChI is InChI=1S/C17H23NO2S/c1-13(2)9-18-10-14-4-5-16(19-3)17(8-14)20-11-15-6-7-21-12-15/h4-8,12-13,18H,9-11H2,1-3H3. The highest BCUT2D eigenvalue weighted by molar-refractivity contribution is 7.07. The molecule has 1 aromatic heterocycles. The van der Waals surface area contributed by atoms with Gasteiger partial charge in [0.1, 0.15) is 6.61 Å². The number of hydrogen-bond acceptors (Lipinski definition) is 4. The molecule has 2 aromatic rings. The second-order valence-corrected chi connectivity index (χ2v) is 6.21. The van der Waals surface area contributed by atoms with Crippen LogP contribution in [-0.2, 0) is 13.2 Å². The van der Waals surface area contributed by atoms with Gasteiger partial charge in [0, 0.05) is 6.54 Å². The smallest absolute Gasteiger partial charge is 0.161 e. The Morgan fingerprint density at radius 3 is 2.67 bits per heavy atom. The van der Waals surface area contributed by atoms with Crippen molar-refractivity contribution in [3.8, 4) is 11.5 Å². The molecule has 0 amide bonds. The Hall–Kier alpha value is -1.52. The fraction of sp³-hybridized carbons (Fsp3) is 0.412. The molecule has 0 saturated heterocycles. The summed E-state index contributed by atoms with van der Waals surface area (Å²) >= 11 is 1.68. The lowest BCUT2D eigenvalue weighted by Gasteiger charge is -2.13. The van der Waals surface area contributed by atoms with E-state index in [9.17, 15) is 0 Å². The number of thiophene rings is 1. The largest absolute Gasteiger partial charge is 0.493 e. The van der Waals surface area contributed by atoms with Crippen LogP contribution in [0.25, 0.3) is 0 Å². The first-order valence-corrected chi connectivity index (χ1v) is 8.15. The minimum Gasteiger partial charge on any atom is -0.493 e. The summed E-state index contributed by atoms with van der Waals surface area (Å²) in [5.41, 5.74) is 2.39. The van der Waals surface area contributed by atoms with Crippen molar-refractivity contribution in [1.82, 2.24) is 5.32 Å². The van der Waals surface area contributed by atoms with Gasteiger partial charge in [-0.2, -0.15) is 11.3 Å². The van der Waals surface area contributed by atoms with Crippen LogP contribution >= 0.6 is 11.3 Å². The van der Waals surface area contributed by atoms with Gasteiger partial charge in [-0.15, -0.1) is 0 Å². The first-order chi connectivity index (χ1) is 10.2. The summed E-state index contributed by atoms with van der Waals surface area (Å²) in [6.07, 6.45) is 0. The lowest BCUT2D eigenvalue weighted by Crippen LogP contribution is -2.18. The number of ether oxygens (including phenoxy) is 2. The molecule has 0 spiro atoms. The highest BCUT2D eigenvalue weighted by Gasteiger charge is 2.07. The van der Waals surface area contributed by atoms with E-state index >= 15 is 0 Å². The van der Waals surface area contributed by atoms with Gasteiger partial charge in [0.25, 0.3) is 0 Å². The monoisotopic (exact) mass is 305 g/mol. The van der Waals surface area contributed by atoms with Crippen molar-refractivity contribution in [2.24, 2.45) is 5.92 Å². The molecule has 0 unspecified atom stereocenters. The Morgan fingerprint density at radius 1 is 1.14 bits per heavy atom. The van der Waals surface area contributed by atoms with Crippen molar-refractivity contribution in [3.05, 3.63) is 46.2 Å². The fourth-order valence-corrected chi connectivity index (χ4v) is 2.64. The van der Waals surface area contributed by atoms with Gasteiger partial charge in [0.2, 0.25) is 0 Å². The van der Waals surface area contributed by atoms with Gasteiger partial charge in [-0.05, 0) is 52.5 Å². The van der Waals surface area contributed by atoms with Gasteiger partial charge < -0.3 is 14.8 Å². The minimum absolute atomic E-state index is 0.572. The Labute approximate surface area is 130 Å². The molecular formula is C17H23NO2S. The Morgan fingerprint density at radius 2 is 2.00 bits per heavy atom. The van der Waals surface area contributed by atoms with Crippen molar-refractivity contribution in [1.29, 1.82) is 0 Å². The summed E-state index contributed by atoms with van der Waals surface area (Å²) in [6, 6.07) is 8.17. The zero-order valence-corrected chi connectivity index (χ0v) is 13.7. The van der Waals surface area contributed by atoms with Gasteiger partial charge in [-0.3, -0.25) is 0 Å². The van der Waals surface area contributed by atoms with E-state index in [1.54, 1.807) is 18.4 Å². The Balaban J connectivity index is 1.99. The number of methoxy groups -OCH3 is 1. The second-order valence-electron chi connectivity index (χ2n) is 5.43. The Bertz CT molecular complexity index is 538. The van der Waals surface area contributed by atoms with Crippen molar-refractivity contribution < 1.29 is 9.47 Å². The Kier molecular flexibility index (Phi) is 6.08. The second kappa shape index (κ2) is 8.05. The van der Waals surface area contributed by atoms with E-state index in [-0.39, 0.29) is 0 Å². The van der Waals surface area contributed by atoms with Gasteiger partial charge in [-0.1, -0.05) is 19.9 Å². The minimum atomic E-state index is 0.572. The lowest BCUT2D eigenvalue weighted by atomic mass is 10.2. The quantitative estimate of drug-likeness (QED) is 0.797. The summed E-state index contributed by atoms with van der Waals surface area (Å²) in [7, 11) is 1.67. The molecule has 1 aromatic carbocycles. The van der Waals surface area contributed by atoms with E-state index < -0.39 is 0 Å². The molecule has 114 valence electrons. The van der Waals surface area contributed by atoms with E-state index in [0.29, 0.717) is 12.5 Å². The maximum absolute atomic E-state index is 5.89. The van der Waals surface area contributed by atoms with Crippen LogP contribution in [0.3, 0.4) is 0 Å². The first-order valence-electron chi connectivity index (χ1n) is 7.20. The molecule has 0 aliphatic rings. The fourth-order valence-electron chi connectivity index (χ4n) is 1.98. The van der Waals surface area contributed by atoms with E-state index in [0.717, 1.165) is 24.6 Å². The van der Waals surface area contributed by atoms with Crippen LogP contribution in [0.1, 0.15) is 25.0 Å². The summed E-state index contributed by atoms with van der Waals surface area (Å²) in [5.74, 6) is 2.22. The molecular weight excluding hydrogens is 282 g/mol. The molecule has 0 atom stereocenters. The third kappa shape index (κ3) is 5.06. The van der Waals surface area contributed by atoms with Crippen molar-refractivity contribution in [2.75, 3.05) is 13.7 Å². The van der Waals surface area contributed by atoms with Crippen LogP contribution in [0.4, 0.5) is 0 Å². The van der Waals surface area contributed by atoms with E-state index in [2.05, 4.69) is 48.1 Å². The van der Waals surface area contributed by atoms with Crippen molar-refractivity contribution in [2.45, 2.75) is 27.0 Å². The van der Waals surface area contributed by atoms with Crippen LogP contribution in [0.5, 0.6) is 11.5 Å². The molecule has 21 heavy (non-hydrogen) atoms. The van der Waals surface area contributed by atoms with Gasteiger partial charge in [0.15, 0.2) is 11.5 Å².